The van der Waals surface area contributed by atoms with Crippen LogP contribution in [0, 0.1) is 0 Å². The maximum absolute atomic E-state index is 6.21. The molecular weight excluding hydrogens is 330 g/mol. The Morgan fingerprint density at radius 3 is 2.71 bits per heavy atom. The minimum absolute atomic E-state index is 0.210. The smallest absolute Gasteiger partial charge is 0.100 e. The Kier molecular flexibility index (Phi) is 4.08. The minimum atomic E-state index is -0.210. The highest BCUT2D eigenvalue weighted by Gasteiger charge is 2.12. The monoisotopic (exact) mass is 343 g/mol. The molecule has 0 spiro atoms. The molecule has 5 nitrogen and oxygen atoms in total. The van der Waals surface area contributed by atoms with Gasteiger partial charge in [0.25, 0.3) is 0 Å². The fourth-order valence-electron chi connectivity index (χ4n) is 2.06. The Hall–Kier alpha value is -2.05. The van der Waals surface area contributed by atoms with Crippen molar-refractivity contribution >= 4 is 15.9 Å². The van der Waals surface area contributed by atoms with E-state index in [-0.39, 0.29) is 6.04 Å². The number of pyridine rings is 1. The SMILES string of the molecule is NC(Cc1cncc(Br)c1)c1cnn(-c2ccccc2)n1. The average molecular weight is 344 g/mol. The maximum Gasteiger partial charge on any atom is 0.100 e. The first-order chi connectivity index (χ1) is 10.2. The number of nitrogens with two attached hydrogens (primary N) is 1. The fourth-order valence-corrected chi connectivity index (χ4v) is 2.47. The van der Waals surface area contributed by atoms with Gasteiger partial charge in [-0.05, 0) is 46.1 Å². The lowest BCUT2D eigenvalue weighted by molar-refractivity contribution is 0.664. The van der Waals surface area contributed by atoms with Gasteiger partial charge in [-0.25, -0.2) is 0 Å². The standard InChI is InChI=1S/C15H14BrN5/c16-12-6-11(8-18-9-12)7-14(17)15-10-19-21(20-15)13-4-2-1-3-5-13/h1-6,8-10,14H,7,17H2. The average Bonchev–Trinajstić information content (AvgIpc) is 2.98. The highest BCUT2D eigenvalue weighted by molar-refractivity contribution is 9.10. The third-order valence-corrected chi connectivity index (χ3v) is 3.53. The molecular formula is C15H14BrN5. The first-order valence-corrected chi connectivity index (χ1v) is 7.34. The van der Waals surface area contributed by atoms with Crippen LogP contribution in [0.25, 0.3) is 5.69 Å². The molecule has 0 aliphatic rings. The third kappa shape index (κ3) is 3.34. The third-order valence-electron chi connectivity index (χ3n) is 3.09. The molecule has 6 heteroatoms. The number of nitrogens with zero attached hydrogens (tertiary/aromatic N) is 4. The summed E-state index contributed by atoms with van der Waals surface area (Å²) in [7, 11) is 0. The van der Waals surface area contributed by atoms with Crippen molar-refractivity contribution in [3.05, 3.63) is 70.7 Å². The topological polar surface area (TPSA) is 69.6 Å². The molecule has 0 aliphatic heterocycles. The Bertz CT molecular complexity index is 726. The summed E-state index contributed by atoms with van der Waals surface area (Å²) in [6, 6.07) is 11.6. The van der Waals surface area contributed by atoms with Crippen LogP contribution < -0.4 is 5.73 Å². The van der Waals surface area contributed by atoms with Crippen LogP contribution in [0.5, 0.6) is 0 Å². The number of benzene rings is 1. The van der Waals surface area contributed by atoms with E-state index < -0.39 is 0 Å². The molecule has 0 radical (unpaired) electrons. The molecule has 2 heterocycles. The highest BCUT2D eigenvalue weighted by Crippen LogP contribution is 2.17. The molecule has 0 amide bonds. The number of aromatic nitrogens is 4. The summed E-state index contributed by atoms with van der Waals surface area (Å²) >= 11 is 3.41. The van der Waals surface area contributed by atoms with Crippen LogP contribution in [-0.2, 0) is 6.42 Å². The zero-order chi connectivity index (χ0) is 14.7. The van der Waals surface area contributed by atoms with E-state index >= 15 is 0 Å². The Labute approximate surface area is 130 Å². The van der Waals surface area contributed by atoms with Crippen molar-refractivity contribution < 1.29 is 0 Å². The van der Waals surface area contributed by atoms with E-state index in [0.717, 1.165) is 21.4 Å². The van der Waals surface area contributed by atoms with Gasteiger partial charge >= 0.3 is 0 Å². The molecule has 0 bridgehead atoms. The number of hydrogen-bond acceptors (Lipinski definition) is 4. The second kappa shape index (κ2) is 6.15. The zero-order valence-corrected chi connectivity index (χ0v) is 12.8. The van der Waals surface area contributed by atoms with Crippen molar-refractivity contribution in [3.63, 3.8) is 0 Å². The van der Waals surface area contributed by atoms with E-state index in [1.165, 1.54) is 0 Å². The molecule has 1 aromatic carbocycles. The molecule has 2 N–H and O–H groups in total. The highest BCUT2D eigenvalue weighted by atomic mass is 79.9. The lowest BCUT2D eigenvalue weighted by Crippen LogP contribution is -2.14. The normalized spacial score (nSPS) is 12.3. The lowest BCUT2D eigenvalue weighted by Gasteiger charge is -2.08. The van der Waals surface area contributed by atoms with Crippen molar-refractivity contribution in [1.29, 1.82) is 0 Å². The van der Waals surface area contributed by atoms with Crippen LogP contribution in [-0.4, -0.2) is 20.0 Å². The molecule has 0 fully saturated rings. The van der Waals surface area contributed by atoms with Crippen molar-refractivity contribution in [2.75, 3.05) is 0 Å². The summed E-state index contributed by atoms with van der Waals surface area (Å²) in [5.74, 6) is 0. The summed E-state index contributed by atoms with van der Waals surface area (Å²) in [5.41, 5.74) is 8.95. The van der Waals surface area contributed by atoms with Crippen molar-refractivity contribution in [1.82, 2.24) is 20.0 Å². The molecule has 1 atom stereocenters. The number of rotatable bonds is 4. The van der Waals surface area contributed by atoms with Crippen molar-refractivity contribution in [2.24, 2.45) is 5.73 Å². The van der Waals surface area contributed by atoms with E-state index in [1.807, 2.05) is 42.6 Å². The fraction of sp³-hybridized carbons (Fsp3) is 0.133. The predicted molar refractivity (Wildman–Crippen MR) is 83.9 cm³/mol. The molecule has 0 aliphatic carbocycles. The predicted octanol–water partition coefficient (Wildman–Crippen LogP) is 2.67. The lowest BCUT2D eigenvalue weighted by atomic mass is 10.1. The largest absolute Gasteiger partial charge is 0.322 e. The van der Waals surface area contributed by atoms with Gasteiger partial charge in [0, 0.05) is 16.9 Å². The van der Waals surface area contributed by atoms with Gasteiger partial charge in [-0.15, -0.1) is 0 Å². The Balaban J connectivity index is 1.77. The minimum Gasteiger partial charge on any atom is -0.322 e. The van der Waals surface area contributed by atoms with Gasteiger partial charge in [0.1, 0.15) is 5.69 Å². The summed E-state index contributed by atoms with van der Waals surface area (Å²) in [6.45, 7) is 0. The molecule has 3 aromatic rings. The van der Waals surface area contributed by atoms with Gasteiger partial charge in [-0.3, -0.25) is 4.98 Å². The summed E-state index contributed by atoms with van der Waals surface area (Å²) in [6.07, 6.45) is 5.94. The first kappa shape index (κ1) is 13.9. The van der Waals surface area contributed by atoms with Crippen LogP contribution >= 0.6 is 15.9 Å². The molecule has 106 valence electrons. The van der Waals surface area contributed by atoms with Gasteiger partial charge in [-0.2, -0.15) is 15.0 Å². The zero-order valence-electron chi connectivity index (χ0n) is 11.2. The van der Waals surface area contributed by atoms with Gasteiger partial charge in [-0.1, -0.05) is 18.2 Å². The van der Waals surface area contributed by atoms with Gasteiger partial charge in [0.2, 0.25) is 0 Å². The molecule has 0 saturated carbocycles. The van der Waals surface area contributed by atoms with Gasteiger partial charge in [0.15, 0.2) is 0 Å². The Morgan fingerprint density at radius 2 is 1.95 bits per heavy atom. The molecule has 0 saturated heterocycles. The van der Waals surface area contributed by atoms with Crippen molar-refractivity contribution in [3.8, 4) is 5.69 Å². The van der Waals surface area contributed by atoms with E-state index in [1.54, 1.807) is 17.2 Å². The number of para-hydroxylation sites is 1. The van der Waals surface area contributed by atoms with Crippen LogP contribution in [0.1, 0.15) is 17.3 Å². The van der Waals surface area contributed by atoms with Gasteiger partial charge in [0.05, 0.1) is 17.9 Å². The maximum atomic E-state index is 6.21. The quantitative estimate of drug-likeness (QED) is 0.790. The van der Waals surface area contributed by atoms with Gasteiger partial charge < -0.3 is 5.73 Å². The summed E-state index contributed by atoms with van der Waals surface area (Å²) < 4.78 is 0.945. The summed E-state index contributed by atoms with van der Waals surface area (Å²) in [4.78, 5) is 5.73. The number of halogens is 1. The van der Waals surface area contributed by atoms with Crippen molar-refractivity contribution in [2.45, 2.75) is 12.5 Å². The first-order valence-electron chi connectivity index (χ1n) is 6.55. The second-order valence-corrected chi connectivity index (χ2v) is 5.63. The van der Waals surface area contributed by atoms with E-state index in [4.69, 9.17) is 5.73 Å². The molecule has 2 aromatic heterocycles. The Morgan fingerprint density at radius 1 is 1.14 bits per heavy atom. The second-order valence-electron chi connectivity index (χ2n) is 4.72. The van der Waals surface area contributed by atoms with E-state index in [0.29, 0.717) is 6.42 Å². The van der Waals surface area contributed by atoms with E-state index in [2.05, 4.69) is 31.1 Å². The van der Waals surface area contributed by atoms with E-state index in [9.17, 15) is 0 Å². The molecule has 3 rings (SSSR count). The number of hydrogen-bond donors (Lipinski definition) is 1. The van der Waals surface area contributed by atoms with Crippen LogP contribution in [0.15, 0.2) is 59.5 Å². The molecule has 21 heavy (non-hydrogen) atoms. The molecule has 1 unspecified atom stereocenters. The van der Waals surface area contributed by atoms with Crippen LogP contribution in [0.3, 0.4) is 0 Å². The van der Waals surface area contributed by atoms with Crippen LogP contribution in [0.2, 0.25) is 0 Å². The summed E-state index contributed by atoms with van der Waals surface area (Å²) in [5, 5.41) is 8.71. The van der Waals surface area contributed by atoms with Crippen LogP contribution in [0.4, 0.5) is 0 Å².